The fourth-order valence-electron chi connectivity index (χ4n) is 3.12. The molecular formula is C17H22ClF3N6O2. The average Bonchev–Trinajstić information content (AvgIpc) is 2.67. The summed E-state index contributed by atoms with van der Waals surface area (Å²) in [5.74, 6) is -0.578. The number of aromatic nitrogens is 3. The number of nitrogens with one attached hydrogen (secondary N) is 2. The van der Waals surface area contributed by atoms with Crippen molar-refractivity contribution < 1.29 is 18.0 Å². The number of carbonyl (C=O) groups excluding carboxylic acids is 1. The first-order valence-corrected chi connectivity index (χ1v) is 8.97. The summed E-state index contributed by atoms with van der Waals surface area (Å²) in [6, 6.07) is 4.93. The van der Waals surface area contributed by atoms with Crippen molar-refractivity contribution in [1.29, 1.82) is 0 Å². The average molecular weight is 435 g/mol. The topological polar surface area (TPSA) is 92.1 Å². The zero-order valence-corrected chi connectivity index (χ0v) is 16.3. The van der Waals surface area contributed by atoms with Gasteiger partial charge in [-0.15, -0.1) is 17.5 Å². The van der Waals surface area contributed by atoms with Gasteiger partial charge in [-0.1, -0.05) is 17.3 Å². The number of alkyl halides is 3. The molecule has 1 aliphatic heterocycles. The van der Waals surface area contributed by atoms with Crippen LogP contribution in [0.1, 0.15) is 6.42 Å². The van der Waals surface area contributed by atoms with Gasteiger partial charge in [-0.3, -0.25) is 14.5 Å². The summed E-state index contributed by atoms with van der Waals surface area (Å²) in [7, 11) is 0. The maximum atomic E-state index is 13.3. The number of fused-ring (bicyclic) bond motifs is 1. The van der Waals surface area contributed by atoms with Crippen molar-refractivity contribution in [3.63, 3.8) is 0 Å². The quantitative estimate of drug-likeness (QED) is 0.690. The van der Waals surface area contributed by atoms with Crippen LogP contribution in [-0.4, -0.2) is 70.7 Å². The third-order valence-electron chi connectivity index (χ3n) is 4.64. The maximum Gasteiger partial charge on any atom is 0.405 e. The highest BCUT2D eigenvalue weighted by molar-refractivity contribution is 5.85. The molecule has 8 nitrogen and oxygen atoms in total. The summed E-state index contributed by atoms with van der Waals surface area (Å²) in [5.41, 5.74) is 0.0460. The molecule has 2 aromatic rings. The number of nitrogens with zero attached hydrogens (tertiary/aromatic N) is 4. The van der Waals surface area contributed by atoms with E-state index in [4.69, 9.17) is 0 Å². The highest BCUT2D eigenvalue weighted by atomic mass is 35.5. The lowest BCUT2D eigenvalue weighted by atomic mass is 10.2. The van der Waals surface area contributed by atoms with Crippen LogP contribution < -0.4 is 16.2 Å². The lowest BCUT2D eigenvalue weighted by Crippen LogP contribution is -2.57. The second-order valence-corrected chi connectivity index (χ2v) is 6.53. The van der Waals surface area contributed by atoms with E-state index in [1.165, 1.54) is 4.90 Å². The summed E-state index contributed by atoms with van der Waals surface area (Å²) in [5, 5.41) is 13.4. The van der Waals surface area contributed by atoms with Gasteiger partial charge in [0.1, 0.15) is 11.6 Å². The number of benzene rings is 1. The zero-order valence-electron chi connectivity index (χ0n) is 15.5. The predicted octanol–water partition coefficient (Wildman–Crippen LogP) is 0.556. The standard InChI is InChI=1S/C17H21F3N6O2.ClH/c18-17(19,20)14(25-9-6-21-7-10-25)11-22-15(27)5-8-26-16(28)12-3-1-2-4-13(12)23-24-26;/h1-4,14,21H,5-11H2,(H,22,27);1H. The molecule has 0 spiro atoms. The second-order valence-electron chi connectivity index (χ2n) is 6.53. The molecule has 0 bridgehead atoms. The van der Waals surface area contributed by atoms with Gasteiger partial charge in [-0.05, 0) is 12.1 Å². The number of hydrogen-bond donors (Lipinski definition) is 2. The van der Waals surface area contributed by atoms with Gasteiger partial charge in [0.15, 0.2) is 0 Å². The second kappa shape index (κ2) is 9.99. The predicted molar refractivity (Wildman–Crippen MR) is 103 cm³/mol. The molecule has 1 aromatic heterocycles. The van der Waals surface area contributed by atoms with E-state index < -0.39 is 30.2 Å². The lowest BCUT2D eigenvalue weighted by molar-refractivity contribution is -0.184. The molecule has 1 atom stereocenters. The number of aryl methyl sites for hydroxylation is 1. The van der Waals surface area contributed by atoms with Crippen LogP contribution in [-0.2, 0) is 11.3 Å². The third-order valence-corrected chi connectivity index (χ3v) is 4.64. The Bertz CT molecular complexity index is 885. The first-order chi connectivity index (χ1) is 13.4. The third kappa shape index (κ3) is 5.87. The van der Waals surface area contributed by atoms with E-state index in [0.717, 1.165) is 4.68 Å². The van der Waals surface area contributed by atoms with E-state index in [2.05, 4.69) is 20.9 Å². The van der Waals surface area contributed by atoms with E-state index in [1.807, 2.05) is 0 Å². The molecule has 0 saturated carbocycles. The van der Waals surface area contributed by atoms with Crippen LogP contribution in [0.4, 0.5) is 13.2 Å². The van der Waals surface area contributed by atoms with E-state index in [1.54, 1.807) is 24.3 Å². The Labute approximate surface area is 170 Å². The van der Waals surface area contributed by atoms with Gasteiger partial charge < -0.3 is 10.6 Å². The number of carbonyl (C=O) groups is 1. The molecule has 2 heterocycles. The molecule has 1 unspecified atom stereocenters. The van der Waals surface area contributed by atoms with E-state index in [0.29, 0.717) is 24.0 Å². The molecule has 160 valence electrons. The highest BCUT2D eigenvalue weighted by Crippen LogP contribution is 2.24. The molecule has 29 heavy (non-hydrogen) atoms. The Balaban J connectivity index is 0.00000300. The van der Waals surface area contributed by atoms with Crippen molar-refractivity contribution in [2.24, 2.45) is 0 Å². The Hall–Kier alpha value is -2.24. The molecule has 0 aliphatic carbocycles. The van der Waals surface area contributed by atoms with Crippen LogP contribution in [0, 0.1) is 0 Å². The molecule has 2 N–H and O–H groups in total. The van der Waals surface area contributed by atoms with Gasteiger partial charge in [-0.25, -0.2) is 4.68 Å². The number of amides is 1. The van der Waals surface area contributed by atoms with Crippen molar-refractivity contribution in [3.8, 4) is 0 Å². The molecule has 12 heteroatoms. The maximum absolute atomic E-state index is 13.3. The van der Waals surface area contributed by atoms with Crippen LogP contribution in [0.15, 0.2) is 29.1 Å². The minimum atomic E-state index is -4.44. The van der Waals surface area contributed by atoms with Gasteiger partial charge >= 0.3 is 6.18 Å². The number of piperazine rings is 1. The Morgan fingerprint density at radius 3 is 2.62 bits per heavy atom. The van der Waals surface area contributed by atoms with Crippen molar-refractivity contribution in [2.75, 3.05) is 32.7 Å². The van der Waals surface area contributed by atoms with Gasteiger partial charge in [0.25, 0.3) is 5.56 Å². The van der Waals surface area contributed by atoms with E-state index in [9.17, 15) is 22.8 Å². The smallest absolute Gasteiger partial charge is 0.354 e. The van der Waals surface area contributed by atoms with Gasteiger partial charge in [0.05, 0.1) is 11.9 Å². The normalized spacial score (nSPS) is 16.2. The first kappa shape index (κ1) is 23.0. The largest absolute Gasteiger partial charge is 0.405 e. The van der Waals surface area contributed by atoms with Crippen molar-refractivity contribution in [1.82, 2.24) is 30.5 Å². The summed E-state index contributed by atoms with van der Waals surface area (Å²) < 4.78 is 41.0. The molecule has 3 rings (SSSR count). The monoisotopic (exact) mass is 434 g/mol. The molecule has 1 aromatic carbocycles. The SMILES string of the molecule is Cl.O=C(CCn1nnc2ccccc2c1=O)NCC(N1CCNCC1)C(F)(F)F. The van der Waals surface area contributed by atoms with Gasteiger partial charge in [0, 0.05) is 39.1 Å². The van der Waals surface area contributed by atoms with Gasteiger partial charge in [-0.2, -0.15) is 13.2 Å². The lowest BCUT2D eigenvalue weighted by Gasteiger charge is -2.35. The molecule has 0 radical (unpaired) electrons. The molecule has 1 saturated heterocycles. The molecule has 1 amide bonds. The summed E-state index contributed by atoms with van der Waals surface area (Å²) in [6.45, 7) is 0.895. The minimum absolute atomic E-state index is 0. The summed E-state index contributed by atoms with van der Waals surface area (Å²) >= 11 is 0. The van der Waals surface area contributed by atoms with Crippen LogP contribution in [0.3, 0.4) is 0 Å². The van der Waals surface area contributed by atoms with Crippen molar-refractivity contribution >= 4 is 29.2 Å². The number of rotatable bonds is 6. The van der Waals surface area contributed by atoms with E-state index in [-0.39, 0.29) is 38.5 Å². The van der Waals surface area contributed by atoms with Crippen molar-refractivity contribution in [3.05, 3.63) is 34.6 Å². The fourth-order valence-corrected chi connectivity index (χ4v) is 3.12. The molecule has 1 fully saturated rings. The first-order valence-electron chi connectivity index (χ1n) is 8.97. The van der Waals surface area contributed by atoms with Crippen LogP contribution >= 0.6 is 12.4 Å². The minimum Gasteiger partial charge on any atom is -0.354 e. The highest BCUT2D eigenvalue weighted by Gasteiger charge is 2.43. The summed E-state index contributed by atoms with van der Waals surface area (Å²) in [4.78, 5) is 25.7. The van der Waals surface area contributed by atoms with E-state index >= 15 is 0 Å². The van der Waals surface area contributed by atoms with Crippen molar-refractivity contribution in [2.45, 2.75) is 25.2 Å². The Kier molecular flexibility index (Phi) is 7.94. The van der Waals surface area contributed by atoms with Crippen LogP contribution in [0.5, 0.6) is 0 Å². The molecular weight excluding hydrogens is 413 g/mol. The Morgan fingerprint density at radius 1 is 1.24 bits per heavy atom. The fraction of sp³-hybridized carbons (Fsp3) is 0.529. The summed E-state index contributed by atoms with van der Waals surface area (Å²) in [6.07, 6.45) is -4.61. The van der Waals surface area contributed by atoms with Crippen LogP contribution in [0.25, 0.3) is 10.9 Å². The number of hydrogen-bond acceptors (Lipinski definition) is 6. The van der Waals surface area contributed by atoms with Crippen LogP contribution in [0.2, 0.25) is 0 Å². The molecule has 1 aliphatic rings. The zero-order chi connectivity index (χ0) is 20.1. The number of halogens is 4. The Morgan fingerprint density at radius 2 is 1.93 bits per heavy atom. The van der Waals surface area contributed by atoms with Gasteiger partial charge in [0.2, 0.25) is 5.91 Å².